The van der Waals surface area contributed by atoms with Gasteiger partial charge in [-0.15, -0.1) is 0 Å². The van der Waals surface area contributed by atoms with Gasteiger partial charge in [-0.3, -0.25) is 4.90 Å². The maximum atomic E-state index is 14.4. The third-order valence-electron chi connectivity index (χ3n) is 4.00. The minimum absolute atomic E-state index is 0.290. The van der Waals surface area contributed by atoms with Crippen LogP contribution in [0.2, 0.25) is 0 Å². The second-order valence-corrected chi connectivity index (χ2v) is 6.26. The van der Waals surface area contributed by atoms with Gasteiger partial charge in [-0.05, 0) is 34.5 Å². The molecule has 124 valence electrons. The van der Waals surface area contributed by atoms with Crippen LogP contribution in [0.4, 0.5) is 17.6 Å². The van der Waals surface area contributed by atoms with Crippen molar-refractivity contribution in [3.63, 3.8) is 0 Å². The normalized spacial score (nSPS) is 18.1. The molecule has 0 amide bonds. The molecule has 1 aromatic heterocycles. The maximum absolute atomic E-state index is 14.4. The van der Waals surface area contributed by atoms with Gasteiger partial charge in [0.05, 0.1) is 11.6 Å². The van der Waals surface area contributed by atoms with E-state index in [2.05, 4.69) is 10.2 Å². The van der Waals surface area contributed by atoms with Crippen molar-refractivity contribution in [2.45, 2.75) is 12.2 Å². The average Bonchev–Trinajstić information content (AvgIpc) is 3.03. The van der Waals surface area contributed by atoms with Crippen LogP contribution in [-0.4, -0.2) is 31.1 Å². The zero-order valence-electron chi connectivity index (χ0n) is 12.2. The molecule has 0 spiro atoms. The lowest BCUT2D eigenvalue weighted by Gasteiger charge is -2.35. The number of piperazine rings is 1. The van der Waals surface area contributed by atoms with Crippen LogP contribution in [0.15, 0.2) is 35.0 Å². The van der Waals surface area contributed by atoms with Gasteiger partial charge < -0.3 is 5.32 Å². The van der Waals surface area contributed by atoms with Crippen molar-refractivity contribution in [3.05, 3.63) is 57.5 Å². The molecule has 1 aromatic carbocycles. The Morgan fingerprint density at radius 1 is 1.13 bits per heavy atom. The number of hydrogen-bond donors (Lipinski definition) is 1. The number of hydrogen-bond acceptors (Lipinski definition) is 3. The highest BCUT2D eigenvalue weighted by molar-refractivity contribution is 7.08. The molecule has 0 aliphatic carbocycles. The van der Waals surface area contributed by atoms with E-state index in [0.29, 0.717) is 11.6 Å². The van der Waals surface area contributed by atoms with E-state index < -0.39 is 17.6 Å². The lowest BCUT2D eigenvalue weighted by Crippen LogP contribution is -2.45. The molecule has 1 atom stereocenters. The van der Waals surface area contributed by atoms with Crippen molar-refractivity contribution in [1.29, 1.82) is 0 Å². The molecule has 1 fully saturated rings. The van der Waals surface area contributed by atoms with Gasteiger partial charge in [-0.2, -0.15) is 24.5 Å². The average molecular weight is 344 g/mol. The summed E-state index contributed by atoms with van der Waals surface area (Å²) >= 11 is 1.50. The Kier molecular flexibility index (Phi) is 4.70. The van der Waals surface area contributed by atoms with Gasteiger partial charge in [0.15, 0.2) is 0 Å². The summed E-state index contributed by atoms with van der Waals surface area (Å²) in [5.74, 6) is -0.811. The number of rotatable bonds is 3. The molecule has 23 heavy (non-hydrogen) atoms. The highest BCUT2D eigenvalue weighted by atomic mass is 32.1. The molecule has 1 N–H and O–H groups in total. The Labute approximate surface area is 135 Å². The fraction of sp³-hybridized carbons (Fsp3) is 0.375. The van der Waals surface area contributed by atoms with Crippen LogP contribution < -0.4 is 5.32 Å². The lowest BCUT2D eigenvalue weighted by atomic mass is 9.97. The van der Waals surface area contributed by atoms with Crippen molar-refractivity contribution in [2.24, 2.45) is 0 Å². The zero-order chi connectivity index (χ0) is 16.4. The number of alkyl halides is 3. The Hall–Kier alpha value is -1.44. The molecule has 2 aromatic rings. The minimum atomic E-state index is -4.54. The minimum Gasteiger partial charge on any atom is -0.314 e. The molecule has 7 heteroatoms. The molecule has 0 radical (unpaired) electrons. The molecule has 1 saturated heterocycles. The summed E-state index contributed by atoms with van der Waals surface area (Å²) in [6.45, 7) is 3.01. The summed E-state index contributed by atoms with van der Waals surface area (Å²) in [4.78, 5) is 2.10. The van der Waals surface area contributed by atoms with E-state index in [1.807, 2.05) is 16.8 Å². The van der Waals surface area contributed by atoms with Gasteiger partial charge in [0.25, 0.3) is 0 Å². The monoisotopic (exact) mass is 344 g/mol. The van der Waals surface area contributed by atoms with E-state index in [1.165, 1.54) is 17.4 Å². The van der Waals surface area contributed by atoms with Crippen molar-refractivity contribution in [3.8, 4) is 0 Å². The first kappa shape index (κ1) is 16.4. The first-order chi connectivity index (χ1) is 11.0. The molecular formula is C16H16F4N2S. The third-order valence-corrected chi connectivity index (χ3v) is 4.70. The fourth-order valence-corrected chi connectivity index (χ4v) is 3.56. The molecule has 2 nitrogen and oxygen atoms in total. The summed E-state index contributed by atoms with van der Waals surface area (Å²) in [6.07, 6.45) is -4.54. The third kappa shape index (κ3) is 3.57. The van der Waals surface area contributed by atoms with Gasteiger partial charge in [0.1, 0.15) is 5.82 Å². The number of benzene rings is 1. The molecule has 0 bridgehead atoms. The lowest BCUT2D eigenvalue weighted by molar-refractivity contribution is -0.137. The number of nitrogens with zero attached hydrogens (tertiary/aromatic N) is 1. The van der Waals surface area contributed by atoms with Gasteiger partial charge in [-0.25, -0.2) is 4.39 Å². The molecule has 2 heterocycles. The highest BCUT2D eigenvalue weighted by Gasteiger charge is 2.33. The van der Waals surface area contributed by atoms with Gasteiger partial charge in [-0.1, -0.05) is 6.07 Å². The Bertz CT molecular complexity index is 649. The molecule has 1 aliphatic heterocycles. The topological polar surface area (TPSA) is 15.3 Å². The predicted molar refractivity (Wildman–Crippen MR) is 82.0 cm³/mol. The summed E-state index contributed by atoms with van der Waals surface area (Å²) in [5, 5.41) is 7.04. The quantitative estimate of drug-likeness (QED) is 0.850. The summed E-state index contributed by atoms with van der Waals surface area (Å²) < 4.78 is 52.7. The SMILES string of the molecule is Fc1cc(C(F)(F)F)ccc1[C@H](c1ccsc1)N1CCNCC1. The zero-order valence-corrected chi connectivity index (χ0v) is 13.1. The van der Waals surface area contributed by atoms with Gasteiger partial charge in [0.2, 0.25) is 0 Å². The maximum Gasteiger partial charge on any atom is 0.416 e. The van der Waals surface area contributed by atoms with Crippen molar-refractivity contribution in [2.75, 3.05) is 26.2 Å². The van der Waals surface area contributed by atoms with Crippen molar-refractivity contribution >= 4 is 11.3 Å². The van der Waals surface area contributed by atoms with E-state index in [1.54, 1.807) is 0 Å². The Balaban J connectivity index is 2.00. The molecule has 0 unspecified atom stereocenters. The van der Waals surface area contributed by atoms with Crippen molar-refractivity contribution < 1.29 is 17.6 Å². The molecule has 1 aliphatic rings. The van der Waals surface area contributed by atoms with Crippen LogP contribution in [0.5, 0.6) is 0 Å². The van der Waals surface area contributed by atoms with Gasteiger partial charge in [0, 0.05) is 31.7 Å². The van der Waals surface area contributed by atoms with Crippen LogP contribution in [0.1, 0.15) is 22.7 Å². The van der Waals surface area contributed by atoms with E-state index in [4.69, 9.17) is 0 Å². The summed E-state index contributed by atoms with van der Waals surface area (Å²) in [5.41, 5.74) is 0.247. The summed E-state index contributed by atoms with van der Waals surface area (Å²) in [7, 11) is 0. The largest absolute Gasteiger partial charge is 0.416 e. The Morgan fingerprint density at radius 3 is 2.43 bits per heavy atom. The first-order valence-corrected chi connectivity index (χ1v) is 8.24. The number of thiophene rings is 1. The Morgan fingerprint density at radius 2 is 1.87 bits per heavy atom. The number of nitrogens with one attached hydrogen (secondary N) is 1. The summed E-state index contributed by atoms with van der Waals surface area (Å²) in [6, 6.07) is 4.36. The highest BCUT2D eigenvalue weighted by Crippen LogP contribution is 2.35. The first-order valence-electron chi connectivity index (χ1n) is 7.30. The number of halogens is 4. The van der Waals surface area contributed by atoms with Crippen LogP contribution in [0.3, 0.4) is 0 Å². The second-order valence-electron chi connectivity index (χ2n) is 5.48. The fourth-order valence-electron chi connectivity index (χ4n) is 2.88. The van der Waals surface area contributed by atoms with E-state index in [0.717, 1.165) is 37.8 Å². The van der Waals surface area contributed by atoms with Crippen LogP contribution >= 0.6 is 11.3 Å². The van der Waals surface area contributed by atoms with Crippen LogP contribution in [-0.2, 0) is 6.18 Å². The van der Waals surface area contributed by atoms with Crippen LogP contribution in [0, 0.1) is 5.82 Å². The predicted octanol–water partition coefficient (Wildman–Crippen LogP) is 3.90. The molecule has 0 saturated carbocycles. The van der Waals surface area contributed by atoms with E-state index in [-0.39, 0.29) is 6.04 Å². The molecule has 3 rings (SSSR count). The smallest absolute Gasteiger partial charge is 0.314 e. The molecular weight excluding hydrogens is 328 g/mol. The van der Waals surface area contributed by atoms with E-state index in [9.17, 15) is 17.6 Å². The van der Waals surface area contributed by atoms with Gasteiger partial charge >= 0.3 is 6.18 Å². The van der Waals surface area contributed by atoms with Crippen LogP contribution in [0.25, 0.3) is 0 Å². The standard InChI is InChI=1S/C16H16F4N2S/c17-14-9-12(16(18,19)20)1-2-13(14)15(11-3-8-23-10-11)22-6-4-21-5-7-22/h1-3,8-10,15,21H,4-7H2/t15-/m0/s1. The van der Waals surface area contributed by atoms with Crippen molar-refractivity contribution in [1.82, 2.24) is 10.2 Å². The van der Waals surface area contributed by atoms with E-state index >= 15 is 0 Å². The second kappa shape index (κ2) is 6.59.